The Morgan fingerprint density at radius 1 is 1.27 bits per heavy atom. The second-order valence-electron chi connectivity index (χ2n) is 5.16. The quantitative estimate of drug-likeness (QED) is 0.919. The Balaban J connectivity index is 2.08. The van der Waals surface area contributed by atoms with Gasteiger partial charge in [-0.05, 0) is 26.0 Å². The lowest BCUT2D eigenvalue weighted by molar-refractivity contribution is -0.122. The molecule has 1 aromatic heterocycles. The first-order valence-corrected chi connectivity index (χ1v) is 7.11. The maximum absolute atomic E-state index is 12.1. The summed E-state index contributed by atoms with van der Waals surface area (Å²) in [6.45, 7) is 3.61. The van der Waals surface area contributed by atoms with Gasteiger partial charge in [0, 0.05) is 17.3 Å². The van der Waals surface area contributed by atoms with E-state index in [0.717, 1.165) is 11.3 Å². The predicted octanol–water partition coefficient (Wildman–Crippen LogP) is 2.04. The SMILES string of the molecule is COc1ccccc1C(C)NC(=O)Cn1cccc(C)c1=O. The number of hydrogen-bond donors (Lipinski definition) is 1. The van der Waals surface area contributed by atoms with Crippen LogP contribution in [0.1, 0.15) is 24.1 Å². The van der Waals surface area contributed by atoms with Gasteiger partial charge in [-0.15, -0.1) is 0 Å². The molecule has 0 spiro atoms. The molecule has 2 aromatic rings. The number of aromatic nitrogens is 1. The van der Waals surface area contributed by atoms with Crippen molar-refractivity contribution in [3.8, 4) is 5.75 Å². The first-order chi connectivity index (χ1) is 10.5. The van der Waals surface area contributed by atoms with E-state index < -0.39 is 0 Å². The minimum absolute atomic E-state index is 0.00000236. The number of carbonyl (C=O) groups is 1. The number of ether oxygens (including phenoxy) is 1. The molecule has 2 rings (SSSR count). The van der Waals surface area contributed by atoms with Crippen molar-refractivity contribution in [3.05, 3.63) is 64.1 Å². The number of nitrogens with one attached hydrogen (secondary N) is 1. The molecule has 1 aromatic carbocycles. The number of rotatable bonds is 5. The number of benzene rings is 1. The van der Waals surface area contributed by atoms with E-state index in [1.807, 2.05) is 31.2 Å². The zero-order valence-electron chi connectivity index (χ0n) is 13.0. The largest absolute Gasteiger partial charge is 0.496 e. The van der Waals surface area contributed by atoms with E-state index in [9.17, 15) is 9.59 Å². The van der Waals surface area contributed by atoms with Gasteiger partial charge in [0.15, 0.2) is 0 Å². The molecule has 0 radical (unpaired) electrons. The maximum Gasteiger partial charge on any atom is 0.253 e. The maximum atomic E-state index is 12.1. The number of nitrogens with zero attached hydrogens (tertiary/aromatic N) is 1. The van der Waals surface area contributed by atoms with E-state index in [-0.39, 0.29) is 24.1 Å². The molecule has 0 aliphatic rings. The molecular formula is C17H20N2O3. The molecule has 1 heterocycles. The average Bonchev–Trinajstić information content (AvgIpc) is 2.51. The summed E-state index contributed by atoms with van der Waals surface area (Å²) in [6.07, 6.45) is 1.61. The summed E-state index contributed by atoms with van der Waals surface area (Å²) in [6, 6.07) is 10.8. The summed E-state index contributed by atoms with van der Waals surface area (Å²) in [4.78, 5) is 24.1. The van der Waals surface area contributed by atoms with E-state index in [1.165, 1.54) is 4.57 Å². The molecule has 0 aliphatic carbocycles. The van der Waals surface area contributed by atoms with Crippen LogP contribution >= 0.6 is 0 Å². The van der Waals surface area contributed by atoms with Gasteiger partial charge in [-0.3, -0.25) is 9.59 Å². The molecule has 0 saturated carbocycles. The van der Waals surface area contributed by atoms with Crippen molar-refractivity contribution >= 4 is 5.91 Å². The van der Waals surface area contributed by atoms with Crippen LogP contribution in [0.25, 0.3) is 0 Å². The lowest BCUT2D eigenvalue weighted by Crippen LogP contribution is -2.34. The van der Waals surface area contributed by atoms with Gasteiger partial charge < -0.3 is 14.6 Å². The molecule has 0 aliphatic heterocycles. The smallest absolute Gasteiger partial charge is 0.253 e. The van der Waals surface area contributed by atoms with Crippen LogP contribution in [0.2, 0.25) is 0 Å². The summed E-state index contributed by atoms with van der Waals surface area (Å²) < 4.78 is 6.70. The van der Waals surface area contributed by atoms with Gasteiger partial charge in [0.2, 0.25) is 5.91 Å². The third-order valence-corrected chi connectivity index (χ3v) is 3.51. The number of pyridine rings is 1. The van der Waals surface area contributed by atoms with Crippen molar-refractivity contribution in [2.24, 2.45) is 0 Å². The summed E-state index contributed by atoms with van der Waals surface area (Å²) in [7, 11) is 1.60. The van der Waals surface area contributed by atoms with E-state index in [0.29, 0.717) is 5.56 Å². The van der Waals surface area contributed by atoms with E-state index in [2.05, 4.69) is 5.32 Å². The fourth-order valence-corrected chi connectivity index (χ4v) is 2.33. The first kappa shape index (κ1) is 15.8. The number of aryl methyl sites for hydroxylation is 1. The Bertz CT molecular complexity index is 722. The summed E-state index contributed by atoms with van der Waals surface area (Å²) in [5.41, 5.74) is 1.37. The van der Waals surface area contributed by atoms with Crippen molar-refractivity contribution in [2.45, 2.75) is 26.4 Å². The number of methoxy groups -OCH3 is 1. The van der Waals surface area contributed by atoms with Gasteiger partial charge >= 0.3 is 0 Å². The normalized spacial score (nSPS) is 11.8. The van der Waals surface area contributed by atoms with Gasteiger partial charge in [0.1, 0.15) is 12.3 Å². The zero-order chi connectivity index (χ0) is 16.1. The lowest BCUT2D eigenvalue weighted by atomic mass is 10.1. The van der Waals surface area contributed by atoms with Crippen molar-refractivity contribution in [2.75, 3.05) is 7.11 Å². The molecule has 5 nitrogen and oxygen atoms in total. The number of para-hydroxylation sites is 1. The fraction of sp³-hybridized carbons (Fsp3) is 0.294. The first-order valence-electron chi connectivity index (χ1n) is 7.11. The average molecular weight is 300 g/mol. The van der Waals surface area contributed by atoms with Gasteiger partial charge in [0.05, 0.1) is 13.2 Å². The minimum Gasteiger partial charge on any atom is -0.496 e. The minimum atomic E-state index is -0.217. The van der Waals surface area contributed by atoms with Gasteiger partial charge in [-0.2, -0.15) is 0 Å². The standard InChI is InChI=1S/C17H20N2O3/c1-12-7-6-10-19(17(12)21)11-16(20)18-13(2)14-8-4-5-9-15(14)22-3/h4-10,13H,11H2,1-3H3,(H,18,20). The number of carbonyl (C=O) groups excluding carboxylic acids is 1. The molecule has 1 N–H and O–H groups in total. The predicted molar refractivity (Wildman–Crippen MR) is 85.0 cm³/mol. The highest BCUT2D eigenvalue weighted by atomic mass is 16.5. The third kappa shape index (κ3) is 3.55. The Hall–Kier alpha value is -2.56. The van der Waals surface area contributed by atoms with Crippen LogP contribution in [0.4, 0.5) is 0 Å². The Labute approximate surface area is 129 Å². The molecular weight excluding hydrogens is 280 g/mol. The lowest BCUT2D eigenvalue weighted by Gasteiger charge is -2.17. The van der Waals surface area contributed by atoms with Crippen LogP contribution in [0.3, 0.4) is 0 Å². The van der Waals surface area contributed by atoms with Gasteiger partial charge in [0.25, 0.3) is 5.56 Å². The highest BCUT2D eigenvalue weighted by Crippen LogP contribution is 2.24. The second kappa shape index (κ2) is 6.93. The van der Waals surface area contributed by atoms with Crippen LogP contribution in [-0.2, 0) is 11.3 Å². The van der Waals surface area contributed by atoms with Crippen molar-refractivity contribution in [3.63, 3.8) is 0 Å². The van der Waals surface area contributed by atoms with Crippen LogP contribution in [0.15, 0.2) is 47.4 Å². The van der Waals surface area contributed by atoms with Crippen molar-refractivity contribution < 1.29 is 9.53 Å². The Morgan fingerprint density at radius 3 is 2.73 bits per heavy atom. The Kier molecular flexibility index (Phi) is 4.99. The third-order valence-electron chi connectivity index (χ3n) is 3.51. The fourth-order valence-electron chi connectivity index (χ4n) is 2.33. The number of hydrogen-bond acceptors (Lipinski definition) is 3. The zero-order valence-corrected chi connectivity index (χ0v) is 13.0. The monoisotopic (exact) mass is 300 g/mol. The molecule has 0 fully saturated rings. The number of amides is 1. The molecule has 1 unspecified atom stereocenters. The summed E-state index contributed by atoms with van der Waals surface area (Å²) in [5, 5.41) is 2.89. The van der Waals surface area contributed by atoms with Crippen molar-refractivity contribution in [1.29, 1.82) is 0 Å². The van der Waals surface area contributed by atoms with E-state index >= 15 is 0 Å². The molecule has 0 bridgehead atoms. The molecule has 0 saturated heterocycles. The van der Waals surface area contributed by atoms with Gasteiger partial charge in [-0.25, -0.2) is 0 Å². The highest BCUT2D eigenvalue weighted by Gasteiger charge is 2.14. The topological polar surface area (TPSA) is 60.3 Å². The summed E-state index contributed by atoms with van der Waals surface area (Å²) in [5.74, 6) is 0.508. The van der Waals surface area contributed by atoms with Crippen LogP contribution in [0.5, 0.6) is 5.75 Å². The Morgan fingerprint density at radius 2 is 2.00 bits per heavy atom. The van der Waals surface area contributed by atoms with E-state index in [1.54, 1.807) is 32.4 Å². The highest BCUT2D eigenvalue weighted by molar-refractivity contribution is 5.76. The molecule has 1 amide bonds. The van der Waals surface area contributed by atoms with Crippen LogP contribution < -0.4 is 15.6 Å². The molecule has 1 atom stereocenters. The molecule has 22 heavy (non-hydrogen) atoms. The van der Waals surface area contributed by atoms with E-state index in [4.69, 9.17) is 4.74 Å². The summed E-state index contributed by atoms with van der Waals surface area (Å²) >= 11 is 0. The van der Waals surface area contributed by atoms with Crippen molar-refractivity contribution in [1.82, 2.24) is 9.88 Å². The molecule has 5 heteroatoms. The van der Waals surface area contributed by atoms with Crippen LogP contribution in [0, 0.1) is 6.92 Å². The second-order valence-corrected chi connectivity index (χ2v) is 5.16. The van der Waals surface area contributed by atoms with Crippen LogP contribution in [-0.4, -0.2) is 17.6 Å². The van der Waals surface area contributed by atoms with Gasteiger partial charge in [-0.1, -0.05) is 24.3 Å². The molecule has 116 valence electrons.